The van der Waals surface area contributed by atoms with Crippen molar-refractivity contribution in [3.63, 3.8) is 0 Å². The molecule has 2 aromatic carbocycles. The second-order valence-corrected chi connectivity index (χ2v) is 17.0. The smallest absolute Gasteiger partial charge is 0.410 e. The zero-order chi connectivity index (χ0) is 40.1. The zero-order valence-electron chi connectivity index (χ0n) is 34.1. The largest absolute Gasteiger partial charge is 0.493 e. The number of allylic oxidation sites excluding steroid dienone is 1. The first-order chi connectivity index (χ1) is 27.1. The number of amides is 1. The minimum Gasteiger partial charge on any atom is -0.493 e. The molecule has 56 heavy (non-hydrogen) atoms. The van der Waals surface area contributed by atoms with E-state index in [4.69, 9.17) is 28.9 Å². The third-order valence-corrected chi connectivity index (χ3v) is 11.8. The Morgan fingerprint density at radius 1 is 1.07 bits per heavy atom. The number of benzene rings is 2. The molecule has 2 N–H and O–H groups in total. The summed E-state index contributed by atoms with van der Waals surface area (Å²) in [6.07, 6.45) is 9.54. The maximum absolute atomic E-state index is 14.0. The van der Waals surface area contributed by atoms with Crippen LogP contribution in [0, 0.1) is 17.8 Å². The molecule has 1 amide bonds. The molecule has 2 aromatic rings. The highest BCUT2D eigenvalue weighted by molar-refractivity contribution is 7.99. The van der Waals surface area contributed by atoms with Gasteiger partial charge in [-0.25, -0.2) is 4.79 Å². The number of aliphatic hydroxyl groups is 2. The summed E-state index contributed by atoms with van der Waals surface area (Å²) in [5.74, 6) is 0.679. The average molecular weight is 793 g/mol. The number of rotatable bonds is 21. The van der Waals surface area contributed by atoms with Crippen molar-refractivity contribution in [2.24, 2.45) is 22.9 Å². The number of carbonyl (C=O) groups is 1. The first kappa shape index (κ1) is 43.6. The van der Waals surface area contributed by atoms with E-state index in [0.29, 0.717) is 44.6 Å². The lowest BCUT2D eigenvalue weighted by Crippen LogP contribution is -2.70. The summed E-state index contributed by atoms with van der Waals surface area (Å²) in [4.78, 5) is 23.1. The van der Waals surface area contributed by atoms with Gasteiger partial charge in [-0.2, -0.15) is 0 Å². The van der Waals surface area contributed by atoms with Crippen LogP contribution in [-0.2, 0) is 14.3 Å². The van der Waals surface area contributed by atoms with E-state index in [0.717, 1.165) is 54.0 Å². The summed E-state index contributed by atoms with van der Waals surface area (Å²) >= 11 is 1.76. The average Bonchev–Trinajstić information content (AvgIpc) is 3.18. The van der Waals surface area contributed by atoms with Crippen molar-refractivity contribution in [2.45, 2.75) is 114 Å². The molecule has 1 fully saturated rings. The monoisotopic (exact) mass is 792 g/mol. The third kappa shape index (κ3) is 10.5. The van der Waals surface area contributed by atoms with Crippen LogP contribution in [0.5, 0.6) is 11.5 Å². The molecule has 3 aliphatic rings. The van der Waals surface area contributed by atoms with Crippen LogP contribution in [0.25, 0.3) is 0 Å². The number of unbranched alkanes of at least 4 members (excludes halogenated alkanes) is 2. The molecular weight excluding hydrogens is 729 g/mol. The van der Waals surface area contributed by atoms with Crippen LogP contribution < -0.4 is 9.47 Å². The van der Waals surface area contributed by atoms with Gasteiger partial charge in [0.05, 0.1) is 31.5 Å². The molecule has 5 rings (SSSR count). The molecular formula is C45H64N2O8S. The fraction of sp³-hybridized carbons (Fsp3) is 0.600. The van der Waals surface area contributed by atoms with E-state index in [1.165, 1.54) is 4.90 Å². The van der Waals surface area contributed by atoms with E-state index in [9.17, 15) is 15.0 Å². The predicted molar refractivity (Wildman–Crippen MR) is 222 cm³/mol. The molecule has 0 radical (unpaired) electrons. The SMILES string of the molecule is C=CCO[C@@]12Oc3ccc(OCCSc4ccccc4)cc3[C@H]3[C@H](CCCCO)[C@@H](CCCCO)C=C(C(=NOC(C)(C)C)C[C@@H]1N(CCC)C(=O)OCC)[C@H]32. The van der Waals surface area contributed by atoms with Gasteiger partial charge in [-0.15, -0.1) is 18.3 Å². The van der Waals surface area contributed by atoms with Gasteiger partial charge in [-0.1, -0.05) is 55.3 Å². The van der Waals surface area contributed by atoms with Crippen LogP contribution in [0.3, 0.4) is 0 Å². The Labute approximate surface area is 338 Å². The standard InChI is InChI=1S/C45H64N2O8S/c1-7-23-47(43(50)51-9-3)40-31-38(46-55-44(4,5)6)36-29-32(17-13-15-24-48)35(20-14-16-25-49)41-37-30-33(52-27-28-56-34-18-11-10-12-19-34)21-22-39(37)54-45(40,42(36)41)53-26-8-2/h8,10-12,18-19,21-22,29-30,32,35,40-42,48-49H,2,7,9,13-17,20,23-28,31H2,1,3-6H3/t32-,35+,40-,41+,42+,45+/m0/s1. The van der Waals surface area contributed by atoms with Gasteiger partial charge in [0.2, 0.25) is 5.79 Å². The van der Waals surface area contributed by atoms with E-state index >= 15 is 0 Å². The molecule has 0 bridgehead atoms. The molecule has 1 heterocycles. The molecule has 1 saturated carbocycles. The van der Waals surface area contributed by atoms with Gasteiger partial charge >= 0.3 is 6.09 Å². The zero-order valence-corrected chi connectivity index (χ0v) is 34.9. The van der Waals surface area contributed by atoms with Crippen molar-refractivity contribution in [1.29, 1.82) is 0 Å². The Morgan fingerprint density at radius 2 is 1.82 bits per heavy atom. The van der Waals surface area contributed by atoms with Crippen molar-refractivity contribution in [3.05, 3.63) is 78.4 Å². The summed E-state index contributed by atoms with van der Waals surface area (Å²) < 4.78 is 26.4. The van der Waals surface area contributed by atoms with Gasteiger partial charge < -0.3 is 34.0 Å². The van der Waals surface area contributed by atoms with Gasteiger partial charge in [0.25, 0.3) is 0 Å². The summed E-state index contributed by atoms with van der Waals surface area (Å²) in [6, 6.07) is 15.8. The molecule has 0 saturated heterocycles. The minimum atomic E-state index is -1.32. The molecule has 1 aliphatic heterocycles. The minimum absolute atomic E-state index is 0.122. The second kappa shape index (κ2) is 20.8. The lowest BCUT2D eigenvalue weighted by Gasteiger charge is -2.60. The molecule has 0 aromatic heterocycles. The van der Waals surface area contributed by atoms with Crippen molar-refractivity contribution in [1.82, 2.24) is 4.90 Å². The third-order valence-electron chi connectivity index (χ3n) is 10.8. The fourth-order valence-electron chi connectivity index (χ4n) is 8.59. The van der Waals surface area contributed by atoms with Crippen LogP contribution in [0.1, 0.15) is 97.5 Å². The number of fused-ring (bicyclic) bond motifs is 2. The van der Waals surface area contributed by atoms with E-state index in [1.807, 2.05) is 65.0 Å². The van der Waals surface area contributed by atoms with E-state index in [2.05, 4.69) is 30.9 Å². The number of thioether (sulfide) groups is 1. The Bertz CT molecular complexity index is 1630. The van der Waals surface area contributed by atoms with E-state index in [-0.39, 0.29) is 50.1 Å². The van der Waals surface area contributed by atoms with Crippen LogP contribution in [-0.4, -0.2) is 89.7 Å². The number of aliphatic hydroxyl groups excluding tert-OH is 2. The van der Waals surface area contributed by atoms with Crippen molar-refractivity contribution >= 4 is 23.6 Å². The lowest BCUT2D eigenvalue weighted by atomic mass is 9.55. The van der Waals surface area contributed by atoms with Gasteiger partial charge in [-0.3, -0.25) is 4.90 Å². The second-order valence-electron chi connectivity index (χ2n) is 15.9. The summed E-state index contributed by atoms with van der Waals surface area (Å²) in [5, 5.41) is 24.6. The Kier molecular flexibility index (Phi) is 16.2. The van der Waals surface area contributed by atoms with Gasteiger partial charge in [-0.05, 0) is 108 Å². The summed E-state index contributed by atoms with van der Waals surface area (Å²) in [7, 11) is 0. The summed E-state index contributed by atoms with van der Waals surface area (Å²) in [5.41, 5.74) is 2.25. The van der Waals surface area contributed by atoms with Crippen LogP contribution in [0.4, 0.5) is 4.79 Å². The number of nitrogens with zero attached hydrogens (tertiary/aromatic N) is 2. The van der Waals surface area contributed by atoms with Gasteiger partial charge in [0.1, 0.15) is 23.1 Å². The maximum atomic E-state index is 14.0. The van der Waals surface area contributed by atoms with Crippen LogP contribution in [0.15, 0.2) is 82.9 Å². The normalized spacial score (nSPS) is 24.7. The molecule has 2 aliphatic carbocycles. The highest BCUT2D eigenvalue weighted by atomic mass is 32.2. The van der Waals surface area contributed by atoms with Crippen LogP contribution in [0.2, 0.25) is 0 Å². The quantitative estimate of drug-likeness (QED) is 0.0552. The van der Waals surface area contributed by atoms with E-state index in [1.54, 1.807) is 22.7 Å². The van der Waals surface area contributed by atoms with Gasteiger partial charge in [0.15, 0.2) is 0 Å². The molecule has 0 unspecified atom stereocenters. The van der Waals surface area contributed by atoms with Crippen LogP contribution >= 0.6 is 11.8 Å². The molecule has 11 heteroatoms. The number of oxime groups is 1. The highest BCUT2D eigenvalue weighted by Gasteiger charge is 2.65. The first-order valence-electron chi connectivity index (χ1n) is 20.6. The fourth-order valence-corrected chi connectivity index (χ4v) is 9.34. The van der Waals surface area contributed by atoms with E-state index < -0.39 is 23.5 Å². The number of ether oxygens (including phenoxy) is 4. The summed E-state index contributed by atoms with van der Waals surface area (Å²) in [6.45, 7) is 15.5. The number of hydrogen-bond donors (Lipinski definition) is 2. The molecule has 308 valence electrons. The lowest BCUT2D eigenvalue weighted by molar-refractivity contribution is -0.255. The molecule has 10 nitrogen and oxygen atoms in total. The highest BCUT2D eigenvalue weighted by Crippen LogP contribution is 2.62. The number of carbonyl (C=O) groups excluding carboxylic acids is 1. The number of hydrogen-bond acceptors (Lipinski definition) is 10. The van der Waals surface area contributed by atoms with Crippen molar-refractivity contribution in [2.75, 3.05) is 45.3 Å². The van der Waals surface area contributed by atoms with Gasteiger partial charge in [0, 0.05) is 48.3 Å². The maximum Gasteiger partial charge on any atom is 0.410 e. The van der Waals surface area contributed by atoms with Crippen molar-refractivity contribution < 1.29 is 38.8 Å². The molecule has 0 spiro atoms. The first-order valence-corrected chi connectivity index (χ1v) is 21.6. The van der Waals surface area contributed by atoms with Crippen molar-refractivity contribution in [3.8, 4) is 11.5 Å². The Morgan fingerprint density at radius 3 is 2.50 bits per heavy atom. The Balaban J connectivity index is 1.70. The Hall–Kier alpha value is -3.51. The topological polar surface area (TPSA) is 119 Å². The predicted octanol–water partition coefficient (Wildman–Crippen LogP) is 9.16. The molecule has 6 atom stereocenters.